The summed E-state index contributed by atoms with van der Waals surface area (Å²) in [6, 6.07) is 15.9. The summed E-state index contributed by atoms with van der Waals surface area (Å²) < 4.78 is 2.02. The highest BCUT2D eigenvalue weighted by Crippen LogP contribution is 2.26. The Labute approximate surface area is 170 Å². The topological polar surface area (TPSA) is 54.3 Å². The van der Waals surface area contributed by atoms with E-state index in [2.05, 4.69) is 5.32 Å². The van der Waals surface area contributed by atoms with Gasteiger partial charge in [-0.15, -0.1) is 0 Å². The maximum atomic E-state index is 11.9. The molecule has 0 saturated heterocycles. The maximum absolute atomic E-state index is 11.9. The van der Waals surface area contributed by atoms with Crippen molar-refractivity contribution < 1.29 is 9.90 Å². The fourth-order valence-electron chi connectivity index (χ4n) is 3.62. The molecule has 3 rings (SSSR count). The normalized spacial score (nSPS) is 11.0. The van der Waals surface area contributed by atoms with Gasteiger partial charge < -0.3 is 15.0 Å². The minimum absolute atomic E-state index is 0.378. The Balaban J connectivity index is 1.82. The number of carboxylic acid groups (broad SMARTS) is 1. The highest BCUT2D eigenvalue weighted by molar-refractivity contribution is 6.31. The predicted molar refractivity (Wildman–Crippen MR) is 114 cm³/mol. The second kappa shape index (κ2) is 8.63. The van der Waals surface area contributed by atoms with Crippen molar-refractivity contribution in [3.8, 4) is 5.69 Å². The number of nitrogens with zero attached hydrogens (tertiary/aromatic N) is 1. The Bertz CT molecular complexity index is 991. The Kier molecular flexibility index (Phi) is 6.22. The first kappa shape index (κ1) is 20.2. The molecule has 0 atom stereocenters. The molecule has 146 valence electrons. The number of aromatic nitrogens is 1. The quantitative estimate of drug-likeness (QED) is 0.547. The third kappa shape index (κ3) is 4.13. The second-order valence-corrected chi connectivity index (χ2v) is 7.43. The van der Waals surface area contributed by atoms with Gasteiger partial charge in [-0.25, -0.2) is 4.79 Å². The average molecular weight is 397 g/mol. The molecule has 0 radical (unpaired) electrons. The van der Waals surface area contributed by atoms with Crippen LogP contribution in [0, 0.1) is 20.8 Å². The fourth-order valence-corrected chi connectivity index (χ4v) is 3.85. The smallest absolute Gasteiger partial charge is 0.337 e. The monoisotopic (exact) mass is 396 g/mol. The summed E-state index contributed by atoms with van der Waals surface area (Å²) >= 11 is 6.21. The lowest BCUT2D eigenvalue weighted by Gasteiger charge is -2.11. The van der Waals surface area contributed by atoms with E-state index in [9.17, 15) is 9.90 Å². The Morgan fingerprint density at radius 3 is 2.36 bits per heavy atom. The van der Waals surface area contributed by atoms with E-state index in [0.29, 0.717) is 12.1 Å². The molecule has 4 nitrogen and oxygen atoms in total. The van der Waals surface area contributed by atoms with Crippen LogP contribution in [0.25, 0.3) is 5.69 Å². The molecule has 1 aromatic heterocycles. The largest absolute Gasteiger partial charge is 0.478 e. The summed E-state index contributed by atoms with van der Waals surface area (Å²) in [4.78, 5) is 11.9. The molecule has 0 saturated carbocycles. The lowest BCUT2D eigenvalue weighted by Crippen LogP contribution is -2.19. The van der Waals surface area contributed by atoms with Gasteiger partial charge in [0.1, 0.15) is 0 Å². The van der Waals surface area contributed by atoms with Crippen LogP contribution in [-0.4, -0.2) is 22.2 Å². The third-order valence-electron chi connectivity index (χ3n) is 5.11. The minimum Gasteiger partial charge on any atom is -0.478 e. The van der Waals surface area contributed by atoms with Crippen molar-refractivity contribution in [1.82, 2.24) is 9.88 Å². The molecule has 0 unspecified atom stereocenters. The molecule has 0 amide bonds. The van der Waals surface area contributed by atoms with Gasteiger partial charge in [0.05, 0.1) is 5.56 Å². The third-order valence-corrected chi connectivity index (χ3v) is 5.48. The number of hydrogen-bond donors (Lipinski definition) is 2. The number of rotatable bonds is 7. The van der Waals surface area contributed by atoms with Crippen LogP contribution in [0.3, 0.4) is 0 Å². The Morgan fingerprint density at radius 2 is 1.71 bits per heavy atom. The van der Waals surface area contributed by atoms with Crippen LogP contribution in [0.2, 0.25) is 5.02 Å². The standard InChI is InChI=1S/C23H25ClN2O2/c1-15-8-10-19(11-9-15)26-16(2)20(22(17(26)3)23(27)28)14-25-13-12-18-6-4-5-7-21(18)24/h4-11,25H,12-14H2,1-3H3,(H,27,28). The molecule has 0 aliphatic rings. The summed E-state index contributed by atoms with van der Waals surface area (Å²) in [5.41, 5.74) is 6.13. The van der Waals surface area contributed by atoms with Gasteiger partial charge in [-0.05, 0) is 57.5 Å². The molecular weight excluding hydrogens is 372 g/mol. The lowest BCUT2D eigenvalue weighted by atomic mass is 10.1. The molecule has 2 N–H and O–H groups in total. The summed E-state index contributed by atoms with van der Waals surface area (Å²) in [6.45, 7) is 7.10. The molecule has 2 aromatic carbocycles. The summed E-state index contributed by atoms with van der Waals surface area (Å²) in [5.74, 6) is -0.894. The second-order valence-electron chi connectivity index (χ2n) is 7.02. The molecule has 0 aliphatic heterocycles. The Morgan fingerprint density at radius 1 is 1.04 bits per heavy atom. The highest BCUT2D eigenvalue weighted by atomic mass is 35.5. The number of benzene rings is 2. The van der Waals surface area contributed by atoms with Crippen LogP contribution in [-0.2, 0) is 13.0 Å². The van der Waals surface area contributed by atoms with Gasteiger partial charge in [0.25, 0.3) is 0 Å². The minimum atomic E-state index is -0.894. The average Bonchev–Trinajstić information content (AvgIpc) is 2.91. The van der Waals surface area contributed by atoms with Gasteiger partial charge in [0, 0.05) is 34.2 Å². The first-order valence-electron chi connectivity index (χ1n) is 9.35. The van der Waals surface area contributed by atoms with Gasteiger partial charge in [-0.3, -0.25) is 0 Å². The van der Waals surface area contributed by atoms with Crippen molar-refractivity contribution in [1.29, 1.82) is 0 Å². The van der Waals surface area contributed by atoms with Gasteiger partial charge >= 0.3 is 5.97 Å². The molecule has 0 spiro atoms. The zero-order chi connectivity index (χ0) is 20.3. The van der Waals surface area contributed by atoms with E-state index in [1.807, 2.05) is 73.9 Å². The van der Waals surface area contributed by atoms with Crippen LogP contribution in [0.1, 0.15) is 38.4 Å². The molecule has 0 aliphatic carbocycles. The lowest BCUT2D eigenvalue weighted by molar-refractivity contribution is 0.0695. The predicted octanol–water partition coefficient (Wildman–Crippen LogP) is 5.09. The number of aromatic carboxylic acids is 1. The zero-order valence-corrected chi connectivity index (χ0v) is 17.2. The summed E-state index contributed by atoms with van der Waals surface area (Å²) in [5, 5.41) is 13.9. The number of carboxylic acids is 1. The molecule has 1 heterocycles. The zero-order valence-electron chi connectivity index (χ0n) is 16.4. The molecule has 5 heteroatoms. The first-order valence-corrected chi connectivity index (χ1v) is 9.73. The van der Waals surface area contributed by atoms with Gasteiger partial charge in [-0.1, -0.05) is 47.5 Å². The van der Waals surface area contributed by atoms with Crippen LogP contribution in [0.5, 0.6) is 0 Å². The van der Waals surface area contributed by atoms with Gasteiger partial charge in [-0.2, -0.15) is 0 Å². The van der Waals surface area contributed by atoms with Crippen LogP contribution >= 0.6 is 11.6 Å². The molecule has 0 fully saturated rings. The summed E-state index contributed by atoms with van der Waals surface area (Å²) in [6.07, 6.45) is 0.790. The van der Waals surface area contributed by atoms with E-state index in [-0.39, 0.29) is 0 Å². The number of hydrogen-bond acceptors (Lipinski definition) is 2. The number of carbonyl (C=O) groups is 1. The Hall–Kier alpha value is -2.56. The van der Waals surface area contributed by atoms with Crippen LogP contribution in [0.4, 0.5) is 0 Å². The van der Waals surface area contributed by atoms with E-state index in [0.717, 1.165) is 46.2 Å². The van der Waals surface area contributed by atoms with Crippen LogP contribution < -0.4 is 5.32 Å². The molecule has 0 bridgehead atoms. The number of aryl methyl sites for hydroxylation is 1. The van der Waals surface area contributed by atoms with E-state index < -0.39 is 5.97 Å². The SMILES string of the molecule is Cc1ccc(-n2c(C)c(CNCCc3ccccc3Cl)c(C(=O)O)c2C)cc1. The maximum Gasteiger partial charge on any atom is 0.337 e. The number of nitrogens with one attached hydrogen (secondary N) is 1. The fraction of sp³-hybridized carbons (Fsp3) is 0.261. The van der Waals surface area contributed by atoms with Crippen molar-refractivity contribution in [2.75, 3.05) is 6.54 Å². The van der Waals surface area contributed by atoms with Gasteiger partial charge in [0.15, 0.2) is 0 Å². The molecular formula is C23H25ClN2O2. The van der Waals surface area contributed by atoms with E-state index in [1.165, 1.54) is 5.56 Å². The van der Waals surface area contributed by atoms with Gasteiger partial charge in [0.2, 0.25) is 0 Å². The van der Waals surface area contributed by atoms with E-state index >= 15 is 0 Å². The van der Waals surface area contributed by atoms with Crippen molar-refractivity contribution in [3.05, 3.63) is 87.2 Å². The van der Waals surface area contributed by atoms with Crippen molar-refractivity contribution in [2.45, 2.75) is 33.7 Å². The van der Waals surface area contributed by atoms with E-state index in [4.69, 9.17) is 11.6 Å². The highest BCUT2D eigenvalue weighted by Gasteiger charge is 2.23. The summed E-state index contributed by atoms with van der Waals surface area (Å²) in [7, 11) is 0. The van der Waals surface area contributed by atoms with Crippen molar-refractivity contribution in [2.24, 2.45) is 0 Å². The van der Waals surface area contributed by atoms with Crippen LogP contribution in [0.15, 0.2) is 48.5 Å². The molecule has 28 heavy (non-hydrogen) atoms. The number of halogens is 1. The molecule has 3 aromatic rings. The first-order chi connectivity index (χ1) is 13.4. The van der Waals surface area contributed by atoms with Crippen molar-refractivity contribution >= 4 is 17.6 Å². The van der Waals surface area contributed by atoms with E-state index in [1.54, 1.807) is 0 Å². The van der Waals surface area contributed by atoms with Crippen molar-refractivity contribution in [3.63, 3.8) is 0 Å².